The highest BCUT2D eigenvalue weighted by molar-refractivity contribution is 7.89. The molecule has 0 aliphatic rings. The number of fused-ring (bicyclic) bond motifs is 1. The van der Waals surface area contributed by atoms with E-state index in [4.69, 9.17) is 9.66 Å². The van der Waals surface area contributed by atoms with E-state index in [-0.39, 0.29) is 11.1 Å². The second-order valence-electron chi connectivity index (χ2n) is 6.32. The third-order valence-electron chi connectivity index (χ3n) is 4.16. The monoisotopic (exact) mass is 462 g/mol. The normalized spacial score (nSPS) is 14.8. The number of benzene rings is 2. The Morgan fingerprint density at radius 3 is 2.37 bits per heavy atom. The molecule has 0 radical (unpaired) electrons. The van der Waals surface area contributed by atoms with Crippen molar-refractivity contribution in [3.63, 3.8) is 0 Å². The van der Waals surface area contributed by atoms with Crippen LogP contribution in [0.2, 0.25) is 0 Å². The van der Waals surface area contributed by atoms with Gasteiger partial charge in [0.1, 0.15) is 12.0 Å². The van der Waals surface area contributed by atoms with Gasteiger partial charge in [0.25, 0.3) is 11.4 Å². The summed E-state index contributed by atoms with van der Waals surface area (Å²) >= 11 is 0. The number of anilines is 1. The zero-order valence-corrected chi connectivity index (χ0v) is 17.6. The van der Waals surface area contributed by atoms with Gasteiger partial charge < -0.3 is 14.7 Å². The van der Waals surface area contributed by atoms with Crippen LogP contribution in [-0.4, -0.2) is 35.5 Å². The maximum Gasteiger partial charge on any atom is 0.347 e. The average molecular weight is 462 g/mol. The smallest absolute Gasteiger partial charge is 0.347 e. The molecular formula is C15H19N4O9PS. The van der Waals surface area contributed by atoms with Crippen LogP contribution in [0.4, 0.5) is 17.1 Å². The summed E-state index contributed by atoms with van der Waals surface area (Å²) in [6.45, 7) is 3.28. The fourth-order valence-electron chi connectivity index (χ4n) is 2.70. The van der Waals surface area contributed by atoms with E-state index in [1.54, 1.807) is 13.8 Å². The van der Waals surface area contributed by atoms with Gasteiger partial charge in [-0.25, -0.2) is 13.6 Å². The van der Waals surface area contributed by atoms with Gasteiger partial charge in [0.2, 0.25) is 10.0 Å². The summed E-state index contributed by atoms with van der Waals surface area (Å²) in [6.07, 6.45) is -0.895. The average Bonchev–Trinajstić information content (AvgIpc) is 2.63. The molecule has 164 valence electrons. The Labute approximate surface area is 170 Å². The number of nitro groups is 2. The standard InChI is InChI=1S/C15H19N4O9PS/c1-3-9(2)28-29(24,25)8-17-15-10-5-4-6-13(30(16,26)27)14(10)11(18(20)21)7-12(15)19(22)23/h4-7,9,17H,3,8H2,1-2H3,(H,24,25)(H2,16,26,27). The van der Waals surface area contributed by atoms with Crippen molar-refractivity contribution in [2.24, 2.45) is 5.14 Å². The Balaban J connectivity index is 2.76. The lowest BCUT2D eigenvalue weighted by molar-refractivity contribution is -0.392. The summed E-state index contributed by atoms with van der Waals surface area (Å²) in [4.78, 5) is 30.4. The quantitative estimate of drug-likeness (QED) is 0.282. The summed E-state index contributed by atoms with van der Waals surface area (Å²) in [5.74, 6) is 0. The third-order valence-corrected chi connectivity index (χ3v) is 6.36. The van der Waals surface area contributed by atoms with E-state index in [9.17, 15) is 38.1 Å². The molecule has 0 aliphatic heterocycles. The largest absolute Gasteiger partial charge is 0.368 e. The molecule has 2 aromatic rings. The number of sulfonamides is 1. The summed E-state index contributed by atoms with van der Waals surface area (Å²) < 4.78 is 41.1. The predicted molar refractivity (Wildman–Crippen MR) is 108 cm³/mol. The van der Waals surface area contributed by atoms with Crippen LogP contribution in [0.5, 0.6) is 0 Å². The Hall–Kier alpha value is -2.64. The first-order chi connectivity index (χ1) is 13.8. The van der Waals surface area contributed by atoms with E-state index < -0.39 is 61.5 Å². The summed E-state index contributed by atoms with van der Waals surface area (Å²) in [6, 6.07) is 3.97. The molecule has 15 heteroatoms. The summed E-state index contributed by atoms with van der Waals surface area (Å²) in [5, 5.41) is 29.8. The Morgan fingerprint density at radius 1 is 1.27 bits per heavy atom. The fourth-order valence-corrected chi connectivity index (χ4v) is 4.61. The number of hydrogen-bond acceptors (Lipinski definition) is 9. The van der Waals surface area contributed by atoms with Crippen LogP contribution in [-0.2, 0) is 19.1 Å². The molecule has 4 N–H and O–H groups in total. The molecule has 0 saturated carbocycles. The molecule has 0 spiro atoms. The van der Waals surface area contributed by atoms with Crippen LogP contribution >= 0.6 is 7.60 Å². The van der Waals surface area contributed by atoms with E-state index in [2.05, 4.69) is 5.32 Å². The lowest BCUT2D eigenvalue weighted by Gasteiger charge is -2.18. The molecule has 0 amide bonds. The molecule has 0 aromatic heterocycles. The van der Waals surface area contributed by atoms with Crippen LogP contribution in [0, 0.1) is 20.2 Å². The zero-order chi connectivity index (χ0) is 22.9. The van der Waals surface area contributed by atoms with Crippen LogP contribution in [0.15, 0.2) is 29.2 Å². The van der Waals surface area contributed by atoms with Crippen molar-refractivity contribution in [2.75, 3.05) is 11.6 Å². The van der Waals surface area contributed by atoms with Crippen molar-refractivity contribution >= 4 is 45.5 Å². The highest BCUT2D eigenvalue weighted by atomic mass is 32.2. The maximum absolute atomic E-state index is 12.3. The van der Waals surface area contributed by atoms with E-state index in [0.717, 1.165) is 6.07 Å². The van der Waals surface area contributed by atoms with Gasteiger partial charge in [0.15, 0.2) is 0 Å². The van der Waals surface area contributed by atoms with Gasteiger partial charge in [-0.15, -0.1) is 0 Å². The molecule has 30 heavy (non-hydrogen) atoms. The third kappa shape index (κ3) is 5.09. The topological polar surface area (TPSA) is 205 Å². The molecule has 0 bridgehead atoms. The number of non-ortho nitro benzene ring substituents is 1. The Kier molecular flexibility index (Phi) is 6.79. The minimum absolute atomic E-state index is 0.231. The molecule has 2 aromatic carbocycles. The maximum atomic E-state index is 12.3. The molecule has 2 atom stereocenters. The number of nitro benzene ring substituents is 2. The first kappa shape index (κ1) is 23.6. The van der Waals surface area contributed by atoms with Crippen molar-refractivity contribution in [1.29, 1.82) is 0 Å². The number of nitrogens with zero attached hydrogens (tertiary/aromatic N) is 2. The van der Waals surface area contributed by atoms with Gasteiger partial charge in [0, 0.05) is 5.39 Å². The lowest BCUT2D eigenvalue weighted by atomic mass is 10.0. The van der Waals surface area contributed by atoms with Gasteiger partial charge in [-0.3, -0.25) is 24.8 Å². The van der Waals surface area contributed by atoms with E-state index in [0.29, 0.717) is 12.5 Å². The molecule has 0 saturated heterocycles. The van der Waals surface area contributed by atoms with Crippen molar-refractivity contribution in [3.05, 3.63) is 44.5 Å². The van der Waals surface area contributed by atoms with Crippen molar-refractivity contribution in [1.82, 2.24) is 0 Å². The Bertz CT molecular complexity index is 1170. The van der Waals surface area contributed by atoms with Crippen LogP contribution < -0.4 is 10.5 Å². The van der Waals surface area contributed by atoms with E-state index in [1.807, 2.05) is 0 Å². The molecule has 13 nitrogen and oxygen atoms in total. The second kappa shape index (κ2) is 8.62. The van der Waals surface area contributed by atoms with Crippen molar-refractivity contribution in [2.45, 2.75) is 31.3 Å². The molecule has 0 aliphatic carbocycles. The summed E-state index contributed by atoms with van der Waals surface area (Å²) in [5.41, 5.74) is -2.02. The zero-order valence-electron chi connectivity index (χ0n) is 15.8. The predicted octanol–water partition coefficient (Wildman–Crippen LogP) is 2.67. The highest BCUT2D eigenvalue weighted by Gasteiger charge is 2.31. The fraction of sp³-hybridized carbons (Fsp3) is 0.333. The number of nitrogens with two attached hydrogens (primary N) is 1. The van der Waals surface area contributed by atoms with Gasteiger partial charge in [-0.2, -0.15) is 0 Å². The first-order valence-electron chi connectivity index (χ1n) is 8.44. The van der Waals surface area contributed by atoms with Gasteiger partial charge in [-0.05, 0) is 19.4 Å². The first-order valence-corrected chi connectivity index (χ1v) is 11.7. The lowest BCUT2D eigenvalue weighted by Crippen LogP contribution is -2.14. The van der Waals surface area contributed by atoms with Gasteiger partial charge in [-0.1, -0.05) is 19.1 Å². The molecule has 0 fully saturated rings. The van der Waals surface area contributed by atoms with E-state index in [1.165, 1.54) is 12.1 Å². The minimum atomic E-state index is -4.43. The molecular weight excluding hydrogens is 443 g/mol. The van der Waals surface area contributed by atoms with Crippen LogP contribution in [0.25, 0.3) is 10.8 Å². The molecule has 2 rings (SSSR count). The van der Waals surface area contributed by atoms with Crippen molar-refractivity contribution < 1.29 is 32.2 Å². The van der Waals surface area contributed by atoms with Gasteiger partial charge >= 0.3 is 7.60 Å². The number of nitrogens with one attached hydrogen (secondary N) is 1. The highest BCUT2D eigenvalue weighted by Crippen LogP contribution is 2.46. The molecule has 2 unspecified atom stereocenters. The minimum Gasteiger partial charge on any atom is -0.368 e. The SMILES string of the molecule is CCC(C)OP(=O)(O)CNc1c([N+](=O)[O-])cc([N+](=O)[O-])c2c(S(N)(=O)=O)cccc12. The molecule has 0 heterocycles. The Morgan fingerprint density at radius 2 is 1.87 bits per heavy atom. The number of primary sulfonamides is 1. The second-order valence-corrected chi connectivity index (χ2v) is 9.66. The van der Waals surface area contributed by atoms with Crippen LogP contribution in [0.3, 0.4) is 0 Å². The van der Waals surface area contributed by atoms with Gasteiger partial charge in [0.05, 0.1) is 32.3 Å². The summed E-state index contributed by atoms with van der Waals surface area (Å²) in [7, 11) is -8.67. The van der Waals surface area contributed by atoms with Crippen molar-refractivity contribution in [3.8, 4) is 0 Å². The van der Waals surface area contributed by atoms with E-state index >= 15 is 0 Å². The number of rotatable bonds is 9. The van der Waals surface area contributed by atoms with Crippen LogP contribution in [0.1, 0.15) is 20.3 Å². The number of hydrogen-bond donors (Lipinski definition) is 3.